The van der Waals surface area contributed by atoms with Crippen LogP contribution in [0.5, 0.6) is 5.75 Å². The van der Waals surface area contributed by atoms with E-state index in [9.17, 15) is 14.0 Å². The van der Waals surface area contributed by atoms with Crippen molar-refractivity contribution < 1.29 is 27.9 Å². The molecule has 0 spiro atoms. The maximum atomic E-state index is 14.3. The second-order valence-electron chi connectivity index (χ2n) is 10.2. The van der Waals surface area contributed by atoms with Crippen molar-refractivity contribution in [3.63, 3.8) is 0 Å². The average molecular weight is 582 g/mol. The second kappa shape index (κ2) is 11.1. The number of rotatable bonds is 9. The van der Waals surface area contributed by atoms with E-state index in [-0.39, 0.29) is 49.5 Å². The first-order valence-corrected chi connectivity index (χ1v) is 14.0. The number of aromatic nitrogens is 3. The molecular weight excluding hydrogens is 553 g/mol. The molecule has 0 bridgehead atoms. The highest BCUT2D eigenvalue weighted by Gasteiger charge is 2.32. The summed E-state index contributed by atoms with van der Waals surface area (Å²) in [6, 6.07) is 9.23. The molecule has 1 atom stereocenters. The van der Waals surface area contributed by atoms with Gasteiger partial charge in [0.15, 0.2) is 17.2 Å². The Hall–Kier alpha value is -3.96. The van der Waals surface area contributed by atoms with Crippen LogP contribution in [-0.2, 0) is 22.5 Å². The Kier molecular flexibility index (Phi) is 7.39. The number of hydrogen-bond donors (Lipinski definition) is 1. The van der Waals surface area contributed by atoms with Gasteiger partial charge in [0.2, 0.25) is 5.91 Å². The molecule has 12 heteroatoms. The van der Waals surface area contributed by atoms with Crippen molar-refractivity contribution in [1.29, 1.82) is 0 Å². The zero-order valence-electron chi connectivity index (χ0n) is 22.7. The fourth-order valence-corrected chi connectivity index (χ4v) is 5.20. The predicted octanol–water partition coefficient (Wildman–Crippen LogP) is 4.48. The number of nitrogens with zero attached hydrogens (tertiary/aromatic N) is 4. The molecule has 2 aromatic heterocycles. The number of benzene rings is 2. The molecule has 0 unspecified atom stereocenters. The first-order chi connectivity index (χ1) is 19.8. The van der Waals surface area contributed by atoms with E-state index in [0.717, 1.165) is 18.7 Å². The highest BCUT2D eigenvalue weighted by molar-refractivity contribution is 6.30. The minimum absolute atomic E-state index is 0.0449. The summed E-state index contributed by atoms with van der Waals surface area (Å²) in [6.45, 7) is 2.29. The number of hydrogen-bond acceptors (Lipinski definition) is 8. The second-order valence-corrected chi connectivity index (χ2v) is 10.5. The van der Waals surface area contributed by atoms with Crippen LogP contribution in [0.4, 0.5) is 10.1 Å². The van der Waals surface area contributed by atoms with E-state index < -0.39 is 17.8 Å². The van der Waals surface area contributed by atoms with Crippen molar-refractivity contribution in [2.24, 2.45) is 0 Å². The van der Waals surface area contributed by atoms with Gasteiger partial charge < -0.3 is 24.1 Å². The summed E-state index contributed by atoms with van der Waals surface area (Å²) in [5.74, 6) is 0.443. The van der Waals surface area contributed by atoms with E-state index in [1.54, 1.807) is 43.1 Å². The van der Waals surface area contributed by atoms with E-state index in [1.807, 2.05) is 6.07 Å². The summed E-state index contributed by atoms with van der Waals surface area (Å²) in [4.78, 5) is 32.2. The van der Waals surface area contributed by atoms with E-state index >= 15 is 0 Å². The number of carbonyl (C=O) groups excluding carboxylic acids is 2. The summed E-state index contributed by atoms with van der Waals surface area (Å²) in [7, 11) is 1.70. The standard InChI is InChI=1S/C29H29ClFN5O5/c1-3-39-29(38)25-18(26(30)36(34-25)14-17-6-4-5-7-19(17)31)10-11-32-21-15-40-24-13-23-20(12-22(24)35(2)28(21)37)33-27(41-23)16-8-9-16/h4-7,12-13,16,21,32H,3,8-11,14-15H2,1-2H3/t21-/m0/s1. The number of halogens is 2. The van der Waals surface area contributed by atoms with E-state index in [2.05, 4.69) is 15.4 Å². The SMILES string of the molecule is CCOC(=O)c1nn(Cc2ccccc2F)c(Cl)c1CCN[C@H]1COc2cc3oc(C4CC4)nc3cc2N(C)C1=O. The van der Waals surface area contributed by atoms with E-state index in [0.29, 0.717) is 39.6 Å². The van der Waals surface area contributed by atoms with Crippen molar-refractivity contribution in [1.82, 2.24) is 20.1 Å². The number of nitrogens with one attached hydrogen (secondary N) is 1. The molecule has 0 radical (unpaired) electrons. The van der Waals surface area contributed by atoms with Gasteiger partial charge in [0, 0.05) is 36.7 Å². The van der Waals surface area contributed by atoms with Gasteiger partial charge in [-0.3, -0.25) is 4.79 Å². The number of likely N-dealkylation sites (N-methyl/N-ethyl adjacent to an activating group) is 1. The third kappa shape index (κ3) is 5.39. The Morgan fingerprint density at radius 1 is 1.27 bits per heavy atom. The first-order valence-electron chi connectivity index (χ1n) is 13.6. The molecule has 1 saturated carbocycles. The summed E-state index contributed by atoms with van der Waals surface area (Å²) in [5.41, 5.74) is 2.82. The lowest BCUT2D eigenvalue weighted by atomic mass is 10.1. The molecule has 0 saturated heterocycles. The smallest absolute Gasteiger partial charge is 0.359 e. The highest BCUT2D eigenvalue weighted by atomic mass is 35.5. The topological polar surface area (TPSA) is 112 Å². The van der Waals surface area contributed by atoms with Crippen LogP contribution in [0.25, 0.3) is 11.1 Å². The van der Waals surface area contributed by atoms with E-state index in [4.69, 9.17) is 25.5 Å². The van der Waals surface area contributed by atoms with Gasteiger partial charge in [0.05, 0.1) is 18.8 Å². The maximum absolute atomic E-state index is 14.3. The van der Waals surface area contributed by atoms with Crippen molar-refractivity contribution in [2.45, 2.75) is 44.7 Å². The molecule has 3 heterocycles. The average Bonchev–Trinajstić information content (AvgIpc) is 3.68. The van der Waals surface area contributed by atoms with Crippen LogP contribution in [0.2, 0.25) is 5.15 Å². The Balaban J connectivity index is 1.17. The summed E-state index contributed by atoms with van der Waals surface area (Å²) in [5, 5.41) is 7.77. The molecule has 1 fully saturated rings. The molecule has 41 heavy (non-hydrogen) atoms. The molecule has 1 aliphatic carbocycles. The summed E-state index contributed by atoms with van der Waals surface area (Å²) >= 11 is 6.64. The van der Waals surface area contributed by atoms with Crippen molar-refractivity contribution in [2.75, 3.05) is 31.7 Å². The van der Waals surface area contributed by atoms with Gasteiger partial charge in [-0.15, -0.1) is 0 Å². The zero-order chi connectivity index (χ0) is 28.7. The first kappa shape index (κ1) is 27.2. The summed E-state index contributed by atoms with van der Waals surface area (Å²) in [6.07, 6.45) is 2.42. The molecule has 10 nitrogen and oxygen atoms in total. The summed E-state index contributed by atoms with van der Waals surface area (Å²) < 4.78 is 32.8. The third-order valence-corrected chi connectivity index (χ3v) is 7.73. The predicted molar refractivity (Wildman–Crippen MR) is 149 cm³/mol. The Morgan fingerprint density at radius 2 is 2.07 bits per heavy atom. The number of amides is 1. The largest absolute Gasteiger partial charge is 0.489 e. The van der Waals surface area contributed by atoms with Gasteiger partial charge in [-0.05, 0) is 38.3 Å². The normalized spacial score (nSPS) is 16.9. The number of oxazole rings is 1. The van der Waals surface area contributed by atoms with Crippen molar-refractivity contribution in [3.8, 4) is 5.75 Å². The van der Waals surface area contributed by atoms with Crippen molar-refractivity contribution >= 4 is 40.3 Å². The van der Waals surface area contributed by atoms with Gasteiger partial charge in [-0.2, -0.15) is 5.10 Å². The van der Waals surface area contributed by atoms with Crippen LogP contribution in [0.1, 0.15) is 53.2 Å². The molecule has 1 aliphatic heterocycles. The van der Waals surface area contributed by atoms with Gasteiger partial charge in [0.1, 0.15) is 34.9 Å². The monoisotopic (exact) mass is 581 g/mol. The van der Waals surface area contributed by atoms with Crippen molar-refractivity contribution in [3.05, 3.63) is 70.1 Å². The Bertz CT molecular complexity index is 1630. The van der Waals surface area contributed by atoms with E-state index in [1.165, 1.54) is 10.7 Å². The lowest BCUT2D eigenvalue weighted by molar-refractivity contribution is -0.120. The number of ether oxygens (including phenoxy) is 2. The molecule has 1 amide bonds. The number of carbonyl (C=O) groups is 2. The third-order valence-electron chi connectivity index (χ3n) is 7.30. The van der Waals surface area contributed by atoms with Gasteiger partial charge >= 0.3 is 5.97 Å². The van der Waals surface area contributed by atoms with Crippen LogP contribution in [-0.4, -0.2) is 59.5 Å². The molecule has 1 N–H and O–H groups in total. The van der Waals surface area contributed by atoms with Crippen LogP contribution in [0.3, 0.4) is 0 Å². The zero-order valence-corrected chi connectivity index (χ0v) is 23.4. The highest BCUT2D eigenvalue weighted by Crippen LogP contribution is 2.42. The van der Waals surface area contributed by atoms with Crippen LogP contribution in [0, 0.1) is 5.82 Å². The lowest BCUT2D eigenvalue weighted by Gasteiger charge is -2.20. The fourth-order valence-electron chi connectivity index (χ4n) is 4.92. The van der Waals surface area contributed by atoms with Crippen LogP contribution in [0.15, 0.2) is 40.8 Å². The van der Waals surface area contributed by atoms with Gasteiger partial charge in [-0.25, -0.2) is 18.9 Å². The number of fused-ring (bicyclic) bond motifs is 2. The molecule has 6 rings (SSSR count). The van der Waals surface area contributed by atoms with Gasteiger partial charge in [-0.1, -0.05) is 29.8 Å². The van der Waals surface area contributed by atoms with Crippen LogP contribution >= 0.6 is 11.6 Å². The fraction of sp³-hybridized carbons (Fsp3) is 0.379. The number of anilines is 1. The molecule has 2 aromatic carbocycles. The molecular formula is C29H29ClFN5O5. The van der Waals surface area contributed by atoms with Crippen LogP contribution < -0.4 is 15.0 Å². The molecule has 4 aromatic rings. The Morgan fingerprint density at radius 3 is 2.83 bits per heavy atom. The quantitative estimate of drug-likeness (QED) is 0.288. The minimum atomic E-state index is -0.660. The lowest BCUT2D eigenvalue weighted by Crippen LogP contribution is -2.47. The number of esters is 1. The maximum Gasteiger partial charge on any atom is 0.359 e. The van der Waals surface area contributed by atoms with Gasteiger partial charge in [0.25, 0.3) is 0 Å². The minimum Gasteiger partial charge on any atom is -0.489 e. The molecule has 214 valence electrons. The molecule has 2 aliphatic rings. The Labute approximate surface area is 240 Å².